The molecule has 0 N–H and O–H groups in total. The maximum Gasteiger partial charge on any atom is 1.00 e. The van der Waals surface area contributed by atoms with Gasteiger partial charge in [-0.25, -0.2) is 0 Å². The molecule has 1 heterocycles. The zero-order chi connectivity index (χ0) is 6.15. The summed E-state index contributed by atoms with van der Waals surface area (Å²) >= 11 is 6.45. The Morgan fingerprint density at radius 3 is 2.44 bits per heavy atom. The number of hydrogen-bond donors (Lipinski definition) is 0. The molecule has 0 fully saturated rings. The van der Waals surface area contributed by atoms with Gasteiger partial charge in [0.15, 0.2) is 0 Å². The van der Waals surface area contributed by atoms with Gasteiger partial charge in [-0.2, -0.15) is 5.10 Å². The molecule has 0 aromatic heterocycles. The third-order valence-electron chi connectivity index (χ3n) is 1.04. The first kappa shape index (κ1) is 9.64. The molecule has 0 aromatic rings. The van der Waals surface area contributed by atoms with E-state index in [-0.39, 0.29) is 18.9 Å². The molecule has 0 bridgehead atoms. The van der Waals surface area contributed by atoms with E-state index in [9.17, 15) is 0 Å². The SMILES string of the molecule is CC1SC([S-])=NN1C.[Li+]. The van der Waals surface area contributed by atoms with E-state index in [4.69, 9.17) is 12.6 Å². The molecular weight excluding hydrogens is 147 g/mol. The van der Waals surface area contributed by atoms with Gasteiger partial charge in [-0.05, 0) is 11.3 Å². The van der Waals surface area contributed by atoms with Gasteiger partial charge in [0.1, 0.15) is 0 Å². The van der Waals surface area contributed by atoms with Gasteiger partial charge >= 0.3 is 18.9 Å². The predicted octanol–water partition coefficient (Wildman–Crippen LogP) is -2.17. The van der Waals surface area contributed by atoms with Gasteiger partial charge < -0.3 is 12.6 Å². The van der Waals surface area contributed by atoms with E-state index in [0.717, 1.165) is 4.38 Å². The molecule has 46 valence electrons. The third kappa shape index (κ3) is 2.38. The van der Waals surface area contributed by atoms with Crippen molar-refractivity contribution in [2.75, 3.05) is 7.05 Å². The van der Waals surface area contributed by atoms with E-state index in [0.29, 0.717) is 5.37 Å². The van der Waals surface area contributed by atoms with Crippen LogP contribution in [0, 0.1) is 0 Å². The number of hydrogen-bond acceptors (Lipinski definition) is 4. The molecule has 0 aliphatic carbocycles. The smallest absolute Gasteiger partial charge is 0.752 e. The van der Waals surface area contributed by atoms with Crippen LogP contribution < -0.4 is 18.9 Å². The van der Waals surface area contributed by atoms with Crippen molar-refractivity contribution in [3.63, 3.8) is 0 Å². The Kier molecular flexibility index (Phi) is 3.98. The molecule has 9 heavy (non-hydrogen) atoms. The van der Waals surface area contributed by atoms with Crippen molar-refractivity contribution in [2.45, 2.75) is 12.3 Å². The molecule has 0 spiro atoms. The Morgan fingerprint density at radius 1 is 1.78 bits per heavy atom. The Balaban J connectivity index is 0.000000640. The van der Waals surface area contributed by atoms with E-state index in [1.54, 1.807) is 11.8 Å². The molecule has 1 aliphatic heterocycles. The summed E-state index contributed by atoms with van der Waals surface area (Å²) < 4.78 is 0.750. The molecule has 0 radical (unpaired) electrons. The van der Waals surface area contributed by atoms with E-state index >= 15 is 0 Å². The summed E-state index contributed by atoms with van der Waals surface area (Å²) in [6.07, 6.45) is 0. The molecule has 1 unspecified atom stereocenters. The van der Waals surface area contributed by atoms with Gasteiger partial charge in [0.2, 0.25) is 0 Å². The van der Waals surface area contributed by atoms with Crippen molar-refractivity contribution in [2.24, 2.45) is 5.10 Å². The van der Waals surface area contributed by atoms with Gasteiger partial charge in [-0.3, -0.25) is 5.01 Å². The predicted molar refractivity (Wildman–Crippen MR) is 39.6 cm³/mol. The van der Waals surface area contributed by atoms with Crippen molar-refractivity contribution < 1.29 is 18.9 Å². The molecule has 0 amide bonds. The summed E-state index contributed by atoms with van der Waals surface area (Å²) in [4.78, 5) is 0. The molecule has 0 saturated carbocycles. The molecule has 1 aliphatic rings. The standard InChI is InChI=1S/C4H8N2S2.Li/c1-3-6(2)5-4(7)8-3;/h3H,1-2H3,(H,5,7);/q;+1/p-1. The fraction of sp³-hybridized carbons (Fsp3) is 0.750. The van der Waals surface area contributed by atoms with E-state index in [1.807, 2.05) is 12.1 Å². The van der Waals surface area contributed by atoms with Crippen LogP contribution in [0.2, 0.25) is 0 Å². The van der Waals surface area contributed by atoms with Crippen LogP contribution in [0.25, 0.3) is 0 Å². The number of hydrazone groups is 1. The van der Waals surface area contributed by atoms with Crippen molar-refractivity contribution in [1.82, 2.24) is 5.01 Å². The fourth-order valence-electron chi connectivity index (χ4n) is 0.456. The summed E-state index contributed by atoms with van der Waals surface area (Å²) in [5.41, 5.74) is 0. The minimum Gasteiger partial charge on any atom is -0.752 e. The van der Waals surface area contributed by atoms with Gasteiger partial charge in [-0.1, -0.05) is 0 Å². The summed E-state index contributed by atoms with van der Waals surface area (Å²) in [6, 6.07) is 0. The molecule has 1 rings (SSSR count). The van der Waals surface area contributed by atoms with Crippen LogP contribution >= 0.6 is 11.8 Å². The van der Waals surface area contributed by atoms with Gasteiger partial charge in [0, 0.05) is 7.05 Å². The fourth-order valence-corrected chi connectivity index (χ4v) is 1.67. The third-order valence-corrected chi connectivity index (χ3v) is 2.34. The Hall–Kier alpha value is 0.637. The van der Waals surface area contributed by atoms with Gasteiger partial charge in [0.05, 0.1) is 5.37 Å². The molecule has 0 aromatic carbocycles. The first-order chi connectivity index (χ1) is 3.70. The van der Waals surface area contributed by atoms with Crippen molar-refractivity contribution >= 4 is 28.8 Å². The first-order valence-electron chi connectivity index (χ1n) is 2.35. The normalized spacial score (nSPS) is 25.3. The largest absolute Gasteiger partial charge is 1.00 e. The van der Waals surface area contributed by atoms with Gasteiger partial charge in [-0.15, -0.1) is 11.8 Å². The molecule has 1 atom stereocenters. The summed E-state index contributed by atoms with van der Waals surface area (Å²) in [7, 11) is 1.93. The van der Waals surface area contributed by atoms with Crippen LogP contribution in [0.3, 0.4) is 0 Å². The second kappa shape index (κ2) is 3.72. The second-order valence-electron chi connectivity index (χ2n) is 1.66. The van der Waals surface area contributed by atoms with Crippen molar-refractivity contribution in [3.05, 3.63) is 0 Å². The second-order valence-corrected chi connectivity index (χ2v) is 3.61. The van der Waals surface area contributed by atoms with Crippen LogP contribution in [0.4, 0.5) is 0 Å². The maximum atomic E-state index is 4.83. The van der Waals surface area contributed by atoms with E-state index in [1.165, 1.54) is 0 Å². The summed E-state index contributed by atoms with van der Waals surface area (Å²) in [6.45, 7) is 2.08. The van der Waals surface area contributed by atoms with Crippen molar-refractivity contribution in [1.29, 1.82) is 0 Å². The minimum absolute atomic E-state index is 0. The monoisotopic (exact) mass is 154 g/mol. The topological polar surface area (TPSA) is 15.6 Å². The Bertz CT molecular complexity index is 128. The number of nitrogens with zero attached hydrogens (tertiary/aromatic N) is 2. The van der Waals surface area contributed by atoms with Gasteiger partial charge in [0.25, 0.3) is 0 Å². The van der Waals surface area contributed by atoms with Crippen LogP contribution in [-0.2, 0) is 12.6 Å². The average Bonchev–Trinajstić information content (AvgIpc) is 1.85. The molecule has 0 saturated heterocycles. The number of thioether (sulfide) groups is 1. The summed E-state index contributed by atoms with van der Waals surface area (Å²) in [5, 5.41) is 6.30. The first-order valence-corrected chi connectivity index (χ1v) is 3.64. The van der Waals surface area contributed by atoms with E-state index in [2.05, 4.69) is 12.0 Å². The number of rotatable bonds is 0. The van der Waals surface area contributed by atoms with Crippen molar-refractivity contribution in [3.8, 4) is 0 Å². The van der Waals surface area contributed by atoms with Crippen LogP contribution in [0.15, 0.2) is 5.10 Å². The van der Waals surface area contributed by atoms with E-state index < -0.39 is 0 Å². The Labute approximate surface area is 77.0 Å². The van der Waals surface area contributed by atoms with Crippen LogP contribution in [0.1, 0.15) is 6.92 Å². The maximum absolute atomic E-state index is 4.83. The zero-order valence-electron chi connectivity index (χ0n) is 5.79. The average molecular weight is 154 g/mol. The zero-order valence-corrected chi connectivity index (χ0v) is 7.42. The Morgan fingerprint density at radius 2 is 2.33 bits per heavy atom. The quantitative estimate of drug-likeness (QED) is 0.292. The van der Waals surface area contributed by atoms with Crippen LogP contribution in [-0.4, -0.2) is 21.8 Å². The minimum atomic E-state index is 0. The molecule has 2 nitrogen and oxygen atoms in total. The summed E-state index contributed by atoms with van der Waals surface area (Å²) in [5.74, 6) is 0. The van der Waals surface area contributed by atoms with Crippen LogP contribution in [0.5, 0.6) is 0 Å². The molecular formula is C4H7LiN2S2. The molecule has 5 heteroatoms.